The van der Waals surface area contributed by atoms with Gasteiger partial charge in [-0.05, 0) is 55.0 Å². The summed E-state index contributed by atoms with van der Waals surface area (Å²) in [6, 6.07) is 13.3. The van der Waals surface area contributed by atoms with Crippen LogP contribution in [0.2, 0.25) is 5.02 Å². The van der Waals surface area contributed by atoms with Gasteiger partial charge in [-0.15, -0.1) is 0 Å². The molecule has 0 aliphatic carbocycles. The van der Waals surface area contributed by atoms with Gasteiger partial charge in [0.25, 0.3) is 0 Å². The molecule has 1 atom stereocenters. The summed E-state index contributed by atoms with van der Waals surface area (Å²) in [5, 5.41) is 7.40. The topological polar surface area (TPSA) is 42.5 Å². The predicted octanol–water partition coefficient (Wildman–Crippen LogP) is 4.40. The molecule has 0 aromatic heterocycles. The Labute approximate surface area is 146 Å². The average Bonchev–Trinajstić information content (AvgIpc) is 2.55. The molecule has 0 spiro atoms. The smallest absolute Gasteiger partial charge is 0.171 e. The molecule has 6 heteroatoms. The molecule has 0 heterocycles. The Bertz CT molecular complexity index is 677. The number of hydrogen-bond acceptors (Lipinski definition) is 3. The molecule has 0 saturated heterocycles. The molecule has 0 aliphatic rings. The maximum absolute atomic E-state index is 6.10. The number of hydrogen-bond donors (Lipinski definition) is 2. The molecule has 4 nitrogen and oxygen atoms in total. The van der Waals surface area contributed by atoms with E-state index in [1.54, 1.807) is 26.4 Å². The Kier molecular flexibility index (Phi) is 6.07. The summed E-state index contributed by atoms with van der Waals surface area (Å²) in [7, 11) is 3.23. The van der Waals surface area contributed by atoms with Gasteiger partial charge in [0.05, 0.1) is 25.3 Å². The third-order valence-corrected chi connectivity index (χ3v) is 3.89. The first-order chi connectivity index (χ1) is 11.0. The number of benzene rings is 2. The van der Waals surface area contributed by atoms with Crippen LogP contribution in [-0.2, 0) is 0 Å². The second-order valence-corrected chi connectivity index (χ2v) is 5.76. The van der Waals surface area contributed by atoms with Crippen molar-refractivity contribution in [1.29, 1.82) is 0 Å². The van der Waals surface area contributed by atoms with Crippen LogP contribution in [0.25, 0.3) is 0 Å². The van der Waals surface area contributed by atoms with E-state index in [9.17, 15) is 0 Å². The van der Waals surface area contributed by atoms with Gasteiger partial charge in [0.2, 0.25) is 0 Å². The van der Waals surface area contributed by atoms with Gasteiger partial charge in [-0.25, -0.2) is 0 Å². The predicted molar refractivity (Wildman–Crippen MR) is 98.8 cm³/mol. The molecule has 0 radical (unpaired) electrons. The maximum Gasteiger partial charge on any atom is 0.171 e. The molecular formula is C17H19ClN2O2S. The fraction of sp³-hybridized carbons (Fsp3) is 0.235. The van der Waals surface area contributed by atoms with Crippen molar-refractivity contribution < 1.29 is 9.47 Å². The Balaban J connectivity index is 1.96. The largest absolute Gasteiger partial charge is 0.497 e. The molecule has 2 N–H and O–H groups in total. The summed E-state index contributed by atoms with van der Waals surface area (Å²) in [5.41, 5.74) is 1.91. The standard InChI is InChI=1S/C17H19ClN2O2S/c1-11(12-4-7-14(21-2)8-5-12)19-17(23)20-13-6-9-16(22-3)15(18)10-13/h4-11H,1-3H3,(H2,19,20,23)/t11-/m1/s1. The Morgan fingerprint density at radius 3 is 2.35 bits per heavy atom. The Morgan fingerprint density at radius 2 is 1.78 bits per heavy atom. The molecule has 0 bridgehead atoms. The van der Waals surface area contributed by atoms with Crippen molar-refractivity contribution >= 4 is 34.6 Å². The van der Waals surface area contributed by atoms with Gasteiger partial charge >= 0.3 is 0 Å². The lowest BCUT2D eigenvalue weighted by atomic mass is 10.1. The SMILES string of the molecule is COc1ccc([C@@H](C)NC(=S)Nc2ccc(OC)c(Cl)c2)cc1. The number of nitrogens with one attached hydrogen (secondary N) is 2. The summed E-state index contributed by atoms with van der Waals surface area (Å²) < 4.78 is 10.3. The van der Waals surface area contributed by atoms with E-state index in [0.29, 0.717) is 15.9 Å². The van der Waals surface area contributed by atoms with Crippen LogP contribution in [0.3, 0.4) is 0 Å². The monoisotopic (exact) mass is 350 g/mol. The molecule has 122 valence electrons. The molecule has 2 aromatic rings. The second kappa shape index (κ2) is 8.04. The number of rotatable bonds is 5. The average molecular weight is 351 g/mol. The molecule has 0 amide bonds. The van der Waals surface area contributed by atoms with E-state index in [-0.39, 0.29) is 6.04 Å². The van der Waals surface area contributed by atoms with Crippen LogP contribution in [0.15, 0.2) is 42.5 Å². The van der Waals surface area contributed by atoms with Crippen molar-refractivity contribution in [3.63, 3.8) is 0 Å². The van der Waals surface area contributed by atoms with Crippen molar-refractivity contribution in [1.82, 2.24) is 5.32 Å². The van der Waals surface area contributed by atoms with Crippen LogP contribution in [-0.4, -0.2) is 19.3 Å². The summed E-state index contributed by atoms with van der Waals surface area (Å²) in [6.45, 7) is 2.04. The van der Waals surface area contributed by atoms with Crippen LogP contribution in [0.1, 0.15) is 18.5 Å². The number of ether oxygens (including phenoxy) is 2. The molecule has 0 saturated carbocycles. The summed E-state index contributed by atoms with van der Waals surface area (Å²) in [4.78, 5) is 0. The van der Waals surface area contributed by atoms with Gasteiger partial charge in [0.1, 0.15) is 11.5 Å². The van der Waals surface area contributed by atoms with Gasteiger partial charge in [0, 0.05) is 5.69 Å². The van der Waals surface area contributed by atoms with E-state index >= 15 is 0 Å². The minimum Gasteiger partial charge on any atom is -0.497 e. The fourth-order valence-electron chi connectivity index (χ4n) is 2.08. The first-order valence-electron chi connectivity index (χ1n) is 7.08. The highest BCUT2D eigenvalue weighted by Crippen LogP contribution is 2.27. The van der Waals surface area contributed by atoms with Crippen LogP contribution in [0.5, 0.6) is 11.5 Å². The number of methoxy groups -OCH3 is 2. The molecule has 0 fully saturated rings. The van der Waals surface area contributed by atoms with E-state index < -0.39 is 0 Å². The van der Waals surface area contributed by atoms with Crippen LogP contribution in [0, 0.1) is 0 Å². The first kappa shape index (κ1) is 17.4. The minimum atomic E-state index is 0.0645. The normalized spacial score (nSPS) is 11.5. The van der Waals surface area contributed by atoms with Crippen molar-refractivity contribution in [2.24, 2.45) is 0 Å². The van der Waals surface area contributed by atoms with Gasteiger partial charge in [-0.1, -0.05) is 23.7 Å². The van der Waals surface area contributed by atoms with Crippen molar-refractivity contribution in [2.75, 3.05) is 19.5 Å². The lowest BCUT2D eigenvalue weighted by Gasteiger charge is -2.18. The van der Waals surface area contributed by atoms with E-state index in [4.69, 9.17) is 33.3 Å². The number of halogens is 1. The van der Waals surface area contributed by atoms with E-state index in [1.807, 2.05) is 37.3 Å². The summed E-state index contributed by atoms with van der Waals surface area (Å²) in [6.07, 6.45) is 0. The van der Waals surface area contributed by atoms with Gasteiger partial charge < -0.3 is 20.1 Å². The third kappa shape index (κ3) is 4.74. The second-order valence-electron chi connectivity index (χ2n) is 4.94. The zero-order valence-electron chi connectivity index (χ0n) is 13.2. The Hall–Kier alpha value is -1.98. The summed E-state index contributed by atoms with van der Waals surface area (Å²) in [5.74, 6) is 1.46. The van der Waals surface area contributed by atoms with Crippen molar-refractivity contribution in [3.8, 4) is 11.5 Å². The molecule has 2 aromatic carbocycles. The van der Waals surface area contributed by atoms with E-state index in [1.165, 1.54) is 0 Å². The van der Waals surface area contributed by atoms with Crippen molar-refractivity contribution in [2.45, 2.75) is 13.0 Å². The third-order valence-electron chi connectivity index (χ3n) is 3.37. The van der Waals surface area contributed by atoms with Gasteiger partial charge in [-0.3, -0.25) is 0 Å². The Morgan fingerprint density at radius 1 is 1.09 bits per heavy atom. The molecule has 2 rings (SSSR count). The minimum absolute atomic E-state index is 0.0645. The molecule has 23 heavy (non-hydrogen) atoms. The zero-order valence-corrected chi connectivity index (χ0v) is 14.8. The van der Waals surface area contributed by atoms with Gasteiger partial charge in [-0.2, -0.15) is 0 Å². The number of anilines is 1. The molecule has 0 aliphatic heterocycles. The number of thiocarbonyl (C=S) groups is 1. The fourth-order valence-corrected chi connectivity index (χ4v) is 2.64. The first-order valence-corrected chi connectivity index (χ1v) is 7.87. The van der Waals surface area contributed by atoms with E-state index in [2.05, 4.69) is 10.6 Å². The quantitative estimate of drug-likeness (QED) is 0.782. The van der Waals surface area contributed by atoms with Crippen LogP contribution >= 0.6 is 23.8 Å². The molecule has 0 unspecified atom stereocenters. The highest BCUT2D eigenvalue weighted by atomic mass is 35.5. The lowest BCUT2D eigenvalue weighted by molar-refractivity contribution is 0.414. The van der Waals surface area contributed by atoms with Crippen molar-refractivity contribution in [3.05, 3.63) is 53.1 Å². The lowest BCUT2D eigenvalue weighted by Crippen LogP contribution is -2.30. The summed E-state index contributed by atoms with van der Waals surface area (Å²) >= 11 is 11.4. The zero-order chi connectivity index (χ0) is 16.8. The maximum atomic E-state index is 6.10. The highest BCUT2D eigenvalue weighted by Gasteiger charge is 2.08. The van der Waals surface area contributed by atoms with Crippen LogP contribution in [0.4, 0.5) is 5.69 Å². The molecular weight excluding hydrogens is 332 g/mol. The van der Waals surface area contributed by atoms with Crippen LogP contribution < -0.4 is 20.1 Å². The van der Waals surface area contributed by atoms with E-state index in [0.717, 1.165) is 17.0 Å². The van der Waals surface area contributed by atoms with Gasteiger partial charge in [0.15, 0.2) is 5.11 Å². The highest BCUT2D eigenvalue weighted by molar-refractivity contribution is 7.80.